The van der Waals surface area contributed by atoms with E-state index < -0.39 is 0 Å². The van der Waals surface area contributed by atoms with E-state index in [2.05, 4.69) is 12.2 Å². The Balaban J connectivity index is 2.34. The minimum Gasteiger partial charge on any atom is -0.312 e. The van der Waals surface area contributed by atoms with Gasteiger partial charge >= 0.3 is 0 Å². The first kappa shape index (κ1) is 9.41. The summed E-state index contributed by atoms with van der Waals surface area (Å²) in [6.07, 6.45) is 1.09. The molecule has 1 heterocycles. The molecule has 0 bridgehead atoms. The summed E-state index contributed by atoms with van der Waals surface area (Å²) in [5.41, 5.74) is 3.86. The van der Waals surface area contributed by atoms with Crippen molar-refractivity contribution in [1.29, 1.82) is 0 Å². The van der Waals surface area contributed by atoms with E-state index in [4.69, 9.17) is 0 Å². The van der Waals surface area contributed by atoms with Crippen LogP contribution in [0, 0.1) is 5.82 Å². The van der Waals surface area contributed by atoms with E-state index in [0.29, 0.717) is 0 Å². The monoisotopic (exact) mass is 191 g/mol. The zero-order chi connectivity index (χ0) is 9.97. The summed E-state index contributed by atoms with van der Waals surface area (Å²) < 4.78 is 12.7. The summed E-state index contributed by atoms with van der Waals surface area (Å²) in [6.45, 7) is 4.10. The van der Waals surface area contributed by atoms with Crippen molar-refractivity contribution >= 4 is 5.57 Å². The molecule has 2 rings (SSSR count). The predicted octanol–water partition coefficient (Wildman–Crippen LogP) is 2.59. The van der Waals surface area contributed by atoms with Gasteiger partial charge in [0.2, 0.25) is 0 Å². The van der Waals surface area contributed by atoms with Crippen LogP contribution >= 0.6 is 0 Å². The second kappa shape index (κ2) is 3.93. The van der Waals surface area contributed by atoms with Crippen molar-refractivity contribution in [2.24, 2.45) is 0 Å². The van der Waals surface area contributed by atoms with Gasteiger partial charge < -0.3 is 5.32 Å². The zero-order valence-corrected chi connectivity index (χ0v) is 8.31. The number of nitrogens with one attached hydrogen (secondary N) is 1. The first-order valence-electron chi connectivity index (χ1n) is 4.92. The van der Waals surface area contributed by atoms with Crippen molar-refractivity contribution in [2.45, 2.75) is 13.3 Å². The molecule has 1 nitrogen and oxygen atoms in total. The largest absolute Gasteiger partial charge is 0.312 e. The van der Waals surface area contributed by atoms with E-state index in [1.807, 2.05) is 12.1 Å². The number of halogens is 1. The van der Waals surface area contributed by atoms with Gasteiger partial charge in [0.1, 0.15) is 5.82 Å². The van der Waals surface area contributed by atoms with Gasteiger partial charge in [-0.1, -0.05) is 17.7 Å². The molecule has 1 N–H and O–H groups in total. The summed E-state index contributed by atoms with van der Waals surface area (Å²) in [4.78, 5) is 0. The molecule has 0 aliphatic carbocycles. The molecule has 0 aromatic heterocycles. The third kappa shape index (κ3) is 1.85. The Morgan fingerprint density at radius 1 is 1.21 bits per heavy atom. The molecule has 0 saturated heterocycles. The summed E-state index contributed by atoms with van der Waals surface area (Å²) in [5.74, 6) is -0.171. The minimum absolute atomic E-state index is 0.171. The van der Waals surface area contributed by atoms with E-state index in [1.54, 1.807) is 0 Å². The molecule has 0 saturated carbocycles. The van der Waals surface area contributed by atoms with Gasteiger partial charge in [-0.25, -0.2) is 4.39 Å². The van der Waals surface area contributed by atoms with E-state index in [1.165, 1.54) is 23.3 Å². The van der Waals surface area contributed by atoms with Crippen LogP contribution in [0.1, 0.15) is 18.9 Å². The molecule has 0 atom stereocenters. The maximum Gasteiger partial charge on any atom is 0.123 e. The Morgan fingerprint density at radius 2 is 1.93 bits per heavy atom. The lowest BCUT2D eigenvalue weighted by Crippen LogP contribution is -2.23. The maximum atomic E-state index is 12.7. The van der Waals surface area contributed by atoms with Gasteiger partial charge in [0.25, 0.3) is 0 Å². The van der Waals surface area contributed by atoms with Crippen molar-refractivity contribution in [3.63, 3.8) is 0 Å². The number of benzene rings is 1. The van der Waals surface area contributed by atoms with Gasteiger partial charge in [0.15, 0.2) is 0 Å². The fourth-order valence-electron chi connectivity index (χ4n) is 1.79. The highest BCUT2D eigenvalue weighted by molar-refractivity contribution is 5.70. The Labute approximate surface area is 83.6 Å². The second-order valence-corrected chi connectivity index (χ2v) is 3.69. The SMILES string of the molecule is CC1=C(c2ccc(F)cc2)CNCC1. The first-order valence-corrected chi connectivity index (χ1v) is 4.92. The van der Waals surface area contributed by atoms with Crippen LogP contribution < -0.4 is 5.32 Å². The van der Waals surface area contributed by atoms with Crippen LogP contribution in [0.15, 0.2) is 29.8 Å². The van der Waals surface area contributed by atoms with Crippen LogP contribution in [0.5, 0.6) is 0 Å². The molecule has 1 aliphatic rings. The molecule has 1 aromatic carbocycles. The zero-order valence-electron chi connectivity index (χ0n) is 8.31. The lowest BCUT2D eigenvalue weighted by molar-refractivity contribution is 0.627. The molecule has 0 fully saturated rings. The van der Waals surface area contributed by atoms with Crippen LogP contribution in [0.2, 0.25) is 0 Å². The van der Waals surface area contributed by atoms with Crippen LogP contribution in [0.3, 0.4) is 0 Å². The van der Waals surface area contributed by atoms with Gasteiger partial charge in [-0.2, -0.15) is 0 Å². The molecule has 0 amide bonds. The topological polar surface area (TPSA) is 12.0 Å². The smallest absolute Gasteiger partial charge is 0.123 e. The number of rotatable bonds is 1. The van der Waals surface area contributed by atoms with Crippen molar-refractivity contribution in [3.05, 3.63) is 41.2 Å². The summed E-state index contributed by atoms with van der Waals surface area (Å²) >= 11 is 0. The molecule has 74 valence electrons. The van der Waals surface area contributed by atoms with Crippen LogP contribution in [0.4, 0.5) is 4.39 Å². The molecular weight excluding hydrogens is 177 g/mol. The first-order chi connectivity index (χ1) is 6.77. The Bertz CT molecular complexity index is 351. The van der Waals surface area contributed by atoms with Gasteiger partial charge in [-0.15, -0.1) is 0 Å². The quantitative estimate of drug-likeness (QED) is 0.719. The van der Waals surface area contributed by atoms with Gasteiger partial charge in [-0.3, -0.25) is 0 Å². The third-order valence-electron chi connectivity index (χ3n) is 2.69. The van der Waals surface area contributed by atoms with Crippen molar-refractivity contribution < 1.29 is 4.39 Å². The molecule has 1 aromatic rings. The fraction of sp³-hybridized carbons (Fsp3) is 0.333. The minimum atomic E-state index is -0.171. The third-order valence-corrected chi connectivity index (χ3v) is 2.69. The van der Waals surface area contributed by atoms with E-state index in [0.717, 1.165) is 25.1 Å². The van der Waals surface area contributed by atoms with Crippen LogP contribution in [0.25, 0.3) is 5.57 Å². The molecule has 14 heavy (non-hydrogen) atoms. The molecule has 0 spiro atoms. The summed E-state index contributed by atoms with van der Waals surface area (Å²) in [5, 5.41) is 3.33. The van der Waals surface area contributed by atoms with Crippen LogP contribution in [-0.4, -0.2) is 13.1 Å². The number of hydrogen-bond donors (Lipinski definition) is 1. The molecule has 0 radical (unpaired) electrons. The average molecular weight is 191 g/mol. The van der Waals surface area contributed by atoms with Crippen molar-refractivity contribution in [2.75, 3.05) is 13.1 Å². The molecule has 1 aliphatic heterocycles. The molecular formula is C12H14FN. The van der Waals surface area contributed by atoms with E-state index in [-0.39, 0.29) is 5.82 Å². The highest BCUT2D eigenvalue weighted by Crippen LogP contribution is 2.22. The standard InChI is InChI=1S/C12H14FN/c1-9-6-7-14-8-12(9)10-2-4-11(13)5-3-10/h2-5,14H,6-8H2,1H3. The average Bonchev–Trinajstić information content (AvgIpc) is 2.20. The Hall–Kier alpha value is -1.15. The summed E-state index contributed by atoms with van der Waals surface area (Å²) in [7, 11) is 0. The fourth-order valence-corrected chi connectivity index (χ4v) is 1.79. The lowest BCUT2D eigenvalue weighted by atomic mass is 9.96. The normalized spacial score (nSPS) is 17.3. The van der Waals surface area contributed by atoms with Crippen molar-refractivity contribution in [1.82, 2.24) is 5.32 Å². The Morgan fingerprint density at radius 3 is 2.57 bits per heavy atom. The van der Waals surface area contributed by atoms with Gasteiger partial charge in [0.05, 0.1) is 0 Å². The van der Waals surface area contributed by atoms with Crippen molar-refractivity contribution in [3.8, 4) is 0 Å². The number of hydrogen-bond acceptors (Lipinski definition) is 1. The Kier molecular flexibility index (Phi) is 2.64. The van der Waals surface area contributed by atoms with Gasteiger partial charge in [0, 0.05) is 6.54 Å². The molecule has 0 unspecified atom stereocenters. The van der Waals surface area contributed by atoms with Gasteiger partial charge in [-0.05, 0) is 43.2 Å². The second-order valence-electron chi connectivity index (χ2n) is 3.69. The highest BCUT2D eigenvalue weighted by atomic mass is 19.1. The van der Waals surface area contributed by atoms with E-state index >= 15 is 0 Å². The summed E-state index contributed by atoms with van der Waals surface area (Å²) in [6, 6.07) is 6.73. The maximum absolute atomic E-state index is 12.7. The van der Waals surface area contributed by atoms with Crippen LogP contribution in [-0.2, 0) is 0 Å². The highest BCUT2D eigenvalue weighted by Gasteiger charge is 2.10. The van der Waals surface area contributed by atoms with E-state index in [9.17, 15) is 4.39 Å². The molecule has 2 heteroatoms. The lowest BCUT2D eigenvalue weighted by Gasteiger charge is -2.19. The predicted molar refractivity (Wildman–Crippen MR) is 56.5 cm³/mol.